The Hall–Kier alpha value is -0.530. The zero-order valence-electron chi connectivity index (χ0n) is 6.14. The molecule has 0 saturated carbocycles. The number of carbonyl (C=O) groups excluding carboxylic acids is 1. The fourth-order valence-electron chi connectivity index (χ4n) is 0.492. The molecule has 0 N–H and O–H groups in total. The van der Waals surface area contributed by atoms with Crippen molar-refractivity contribution in [3.05, 3.63) is 0 Å². The van der Waals surface area contributed by atoms with Crippen LogP contribution in [0.2, 0.25) is 0 Å². The van der Waals surface area contributed by atoms with Crippen LogP contribution in [0.15, 0.2) is 0 Å². The number of hydrogen-bond donors (Lipinski definition) is 0. The maximum Gasteiger partial charge on any atom is 0.305 e. The smallest absolute Gasteiger partial charge is 0.305 e. The number of carbonyl (C=O) groups is 1. The van der Waals surface area contributed by atoms with Crippen molar-refractivity contribution in [3.63, 3.8) is 0 Å². The van der Waals surface area contributed by atoms with Crippen LogP contribution in [0, 0.1) is 0 Å². The zero-order chi connectivity index (χ0) is 7.11. The van der Waals surface area contributed by atoms with Crippen LogP contribution in [0.5, 0.6) is 0 Å². The van der Waals surface area contributed by atoms with Crippen LogP contribution in [-0.2, 0) is 9.53 Å². The fraction of sp³-hybridized carbons (Fsp3) is 0.900. The summed E-state index contributed by atoms with van der Waals surface area (Å²) in [6, 6.07) is 0. The van der Waals surface area contributed by atoms with E-state index in [1.807, 2.05) is 13.8 Å². The summed E-state index contributed by atoms with van der Waals surface area (Å²) in [5, 5.41) is 0. The summed E-state index contributed by atoms with van der Waals surface area (Å²) < 4.78 is 4.79. The third-order valence-corrected chi connectivity index (χ3v) is 0.921. The fourth-order valence-corrected chi connectivity index (χ4v) is 0.492. The summed E-state index contributed by atoms with van der Waals surface area (Å²) in [6.07, 6.45) is 2.35. The second-order valence-electron chi connectivity index (χ2n) is 1.97. The predicted molar refractivity (Wildman–Crippen MR) is 56.4 cm³/mol. The Morgan fingerprint density at radius 1 is 1.08 bits per heavy atom. The van der Waals surface area contributed by atoms with Crippen LogP contribution in [0.3, 0.4) is 0 Å². The standard InChI is InChI=1S/C7H14O2.3CH4/c1-3-5-7(8)9-6-4-2;;;/h3-6H2,1-2H3;3*1H4. The lowest BCUT2D eigenvalue weighted by molar-refractivity contribution is -0.143. The van der Waals surface area contributed by atoms with E-state index in [1.54, 1.807) is 0 Å². The van der Waals surface area contributed by atoms with Crippen molar-refractivity contribution in [3.8, 4) is 0 Å². The van der Waals surface area contributed by atoms with Gasteiger partial charge >= 0.3 is 5.97 Å². The van der Waals surface area contributed by atoms with E-state index in [9.17, 15) is 4.79 Å². The van der Waals surface area contributed by atoms with Crippen LogP contribution >= 0.6 is 0 Å². The van der Waals surface area contributed by atoms with Crippen LogP contribution in [0.25, 0.3) is 0 Å². The molecule has 0 saturated heterocycles. The molecule has 78 valence electrons. The molecule has 0 atom stereocenters. The van der Waals surface area contributed by atoms with Crippen LogP contribution in [0.4, 0.5) is 0 Å². The van der Waals surface area contributed by atoms with E-state index < -0.39 is 0 Å². The van der Waals surface area contributed by atoms with Gasteiger partial charge in [0.1, 0.15) is 0 Å². The van der Waals surface area contributed by atoms with Crippen molar-refractivity contribution in [1.82, 2.24) is 0 Å². The zero-order valence-corrected chi connectivity index (χ0v) is 6.14. The lowest BCUT2D eigenvalue weighted by Crippen LogP contribution is -2.03. The van der Waals surface area contributed by atoms with Crippen molar-refractivity contribution < 1.29 is 9.53 Å². The Labute approximate surface area is 78.3 Å². The van der Waals surface area contributed by atoms with Gasteiger partial charge in [-0.2, -0.15) is 0 Å². The van der Waals surface area contributed by atoms with Crippen LogP contribution in [0.1, 0.15) is 55.4 Å². The second-order valence-corrected chi connectivity index (χ2v) is 1.97. The molecule has 0 radical (unpaired) electrons. The minimum atomic E-state index is -0.0700. The van der Waals surface area contributed by atoms with Gasteiger partial charge in [0, 0.05) is 6.42 Å². The topological polar surface area (TPSA) is 26.3 Å². The molecule has 0 aliphatic heterocycles. The van der Waals surface area contributed by atoms with Crippen molar-refractivity contribution in [2.45, 2.75) is 55.4 Å². The molecule has 0 spiro atoms. The number of esters is 1. The summed E-state index contributed by atoms with van der Waals surface area (Å²) in [5.41, 5.74) is 0. The van der Waals surface area contributed by atoms with Crippen LogP contribution < -0.4 is 0 Å². The van der Waals surface area contributed by atoms with Crippen molar-refractivity contribution in [1.29, 1.82) is 0 Å². The molecule has 0 fully saturated rings. The molecular formula is C10H26O2. The molecule has 0 aromatic rings. The quantitative estimate of drug-likeness (QED) is 0.614. The van der Waals surface area contributed by atoms with Crippen molar-refractivity contribution in [2.24, 2.45) is 0 Å². The molecule has 0 aliphatic carbocycles. The average molecular weight is 178 g/mol. The van der Waals surface area contributed by atoms with E-state index in [4.69, 9.17) is 4.74 Å². The molecule has 0 rings (SSSR count). The number of hydrogen-bond acceptors (Lipinski definition) is 2. The molecule has 0 bridgehead atoms. The van der Waals surface area contributed by atoms with Gasteiger partial charge in [0.25, 0.3) is 0 Å². The molecule has 0 aliphatic rings. The van der Waals surface area contributed by atoms with E-state index in [0.29, 0.717) is 13.0 Å². The van der Waals surface area contributed by atoms with Gasteiger partial charge in [-0.15, -0.1) is 0 Å². The third-order valence-electron chi connectivity index (χ3n) is 0.921. The molecule has 12 heavy (non-hydrogen) atoms. The minimum absolute atomic E-state index is 0. The van der Waals surface area contributed by atoms with Gasteiger partial charge in [-0.05, 0) is 12.8 Å². The predicted octanol–water partition coefficient (Wildman–Crippen LogP) is 3.65. The van der Waals surface area contributed by atoms with E-state index in [1.165, 1.54) is 0 Å². The van der Waals surface area contributed by atoms with Gasteiger partial charge in [0.05, 0.1) is 6.61 Å². The molecule has 2 heteroatoms. The maximum absolute atomic E-state index is 10.6. The normalized spacial score (nSPS) is 6.83. The van der Waals surface area contributed by atoms with E-state index >= 15 is 0 Å². The van der Waals surface area contributed by atoms with E-state index in [-0.39, 0.29) is 28.2 Å². The Balaban J connectivity index is -0.000000107. The van der Waals surface area contributed by atoms with Gasteiger partial charge in [0.15, 0.2) is 0 Å². The molecule has 0 aromatic heterocycles. The molecule has 2 nitrogen and oxygen atoms in total. The Morgan fingerprint density at radius 3 is 1.92 bits per heavy atom. The number of ether oxygens (including phenoxy) is 1. The minimum Gasteiger partial charge on any atom is -0.466 e. The third kappa shape index (κ3) is 16.2. The van der Waals surface area contributed by atoms with Crippen LogP contribution in [-0.4, -0.2) is 12.6 Å². The Bertz CT molecular complexity index is 79.9. The monoisotopic (exact) mass is 178 g/mol. The highest BCUT2D eigenvalue weighted by Crippen LogP contribution is 1.91. The van der Waals surface area contributed by atoms with Gasteiger partial charge in [0.2, 0.25) is 0 Å². The molecule has 0 amide bonds. The first-order valence-electron chi connectivity index (χ1n) is 3.46. The maximum atomic E-state index is 10.6. The summed E-state index contributed by atoms with van der Waals surface area (Å²) in [4.78, 5) is 10.6. The first-order chi connectivity index (χ1) is 4.31. The summed E-state index contributed by atoms with van der Waals surface area (Å²) >= 11 is 0. The number of rotatable bonds is 4. The van der Waals surface area contributed by atoms with Gasteiger partial charge < -0.3 is 4.74 Å². The van der Waals surface area contributed by atoms with Gasteiger partial charge in [-0.1, -0.05) is 36.1 Å². The van der Waals surface area contributed by atoms with Crippen molar-refractivity contribution in [2.75, 3.05) is 6.61 Å². The Kier molecular flexibility index (Phi) is 31.6. The lowest BCUT2D eigenvalue weighted by atomic mass is 10.3. The molecule has 0 heterocycles. The molecular weight excluding hydrogens is 152 g/mol. The van der Waals surface area contributed by atoms with E-state index in [2.05, 4.69) is 0 Å². The Morgan fingerprint density at radius 2 is 1.58 bits per heavy atom. The largest absolute Gasteiger partial charge is 0.466 e. The summed E-state index contributed by atoms with van der Waals surface area (Å²) in [6.45, 7) is 4.52. The summed E-state index contributed by atoms with van der Waals surface area (Å²) in [7, 11) is 0. The average Bonchev–Trinajstić information content (AvgIpc) is 1.85. The highest BCUT2D eigenvalue weighted by atomic mass is 16.5. The first-order valence-corrected chi connectivity index (χ1v) is 3.46. The molecule has 0 unspecified atom stereocenters. The summed E-state index contributed by atoms with van der Waals surface area (Å²) in [5.74, 6) is -0.0700. The van der Waals surface area contributed by atoms with Crippen molar-refractivity contribution >= 4 is 5.97 Å². The van der Waals surface area contributed by atoms with E-state index in [0.717, 1.165) is 12.8 Å². The first kappa shape index (κ1) is 22.5. The SMILES string of the molecule is C.C.C.CCCOC(=O)CCC. The van der Waals surface area contributed by atoms with Gasteiger partial charge in [-0.3, -0.25) is 4.79 Å². The highest BCUT2D eigenvalue weighted by Gasteiger charge is 1.96. The second kappa shape index (κ2) is 16.8. The molecule has 0 aromatic carbocycles. The highest BCUT2D eigenvalue weighted by molar-refractivity contribution is 5.69. The van der Waals surface area contributed by atoms with Gasteiger partial charge in [-0.25, -0.2) is 0 Å². The lowest BCUT2D eigenvalue weighted by Gasteiger charge is -1.99.